The van der Waals surface area contributed by atoms with Crippen LogP contribution in [0.15, 0.2) is 35.5 Å². The van der Waals surface area contributed by atoms with Crippen molar-refractivity contribution in [3.63, 3.8) is 0 Å². The molecule has 3 heterocycles. The van der Waals surface area contributed by atoms with E-state index < -0.39 is 0 Å². The van der Waals surface area contributed by atoms with Gasteiger partial charge in [-0.25, -0.2) is 9.97 Å². The van der Waals surface area contributed by atoms with E-state index in [0.717, 1.165) is 50.3 Å². The summed E-state index contributed by atoms with van der Waals surface area (Å²) in [4.78, 5) is 43.3. The first-order valence-electron chi connectivity index (χ1n) is 13.4. The van der Waals surface area contributed by atoms with Crippen LogP contribution in [0.2, 0.25) is 10.2 Å². The fourth-order valence-corrected chi connectivity index (χ4v) is 6.79. The summed E-state index contributed by atoms with van der Waals surface area (Å²) in [5, 5.41) is 1.57. The van der Waals surface area contributed by atoms with Crippen molar-refractivity contribution < 1.29 is 9.59 Å². The van der Waals surface area contributed by atoms with Crippen LogP contribution in [0.1, 0.15) is 32.6 Å². The van der Waals surface area contributed by atoms with E-state index >= 15 is 0 Å². The van der Waals surface area contributed by atoms with E-state index in [9.17, 15) is 9.59 Å². The summed E-state index contributed by atoms with van der Waals surface area (Å²) in [5.74, 6) is 1.57. The molecule has 0 spiro atoms. The van der Waals surface area contributed by atoms with Crippen molar-refractivity contribution in [1.82, 2.24) is 19.8 Å². The van der Waals surface area contributed by atoms with Crippen LogP contribution in [0.4, 0.5) is 11.5 Å². The Balaban J connectivity index is 1.13. The zero-order valence-electron chi connectivity index (χ0n) is 21.7. The summed E-state index contributed by atoms with van der Waals surface area (Å²) in [6.07, 6.45) is 4.35. The van der Waals surface area contributed by atoms with Crippen LogP contribution in [-0.2, 0) is 9.59 Å². The Hall–Kier alpha value is -2.23. The van der Waals surface area contributed by atoms with Crippen LogP contribution in [0.3, 0.4) is 0 Å². The van der Waals surface area contributed by atoms with Gasteiger partial charge >= 0.3 is 0 Å². The SMILES string of the molecule is CC1CN(c2cc(Cl)nc(SCC(=O)N3CCN(c4cccc(Cl)c4)CC3)n2)CCN1C(=O)C1CCCC1. The molecule has 2 amide bonds. The van der Waals surface area contributed by atoms with Crippen LogP contribution in [0, 0.1) is 5.92 Å². The van der Waals surface area contributed by atoms with Gasteiger partial charge in [-0.1, -0.05) is 53.9 Å². The second kappa shape index (κ2) is 12.3. The molecule has 0 bridgehead atoms. The molecule has 1 unspecified atom stereocenters. The fourth-order valence-electron chi connectivity index (χ4n) is 5.62. The van der Waals surface area contributed by atoms with Gasteiger partial charge in [0.15, 0.2) is 5.16 Å². The van der Waals surface area contributed by atoms with Gasteiger partial charge < -0.3 is 19.6 Å². The Morgan fingerprint density at radius 2 is 1.71 bits per heavy atom. The zero-order chi connectivity index (χ0) is 26.6. The van der Waals surface area contributed by atoms with E-state index in [1.807, 2.05) is 34.1 Å². The molecule has 11 heteroatoms. The van der Waals surface area contributed by atoms with Gasteiger partial charge in [-0.2, -0.15) is 0 Å². The summed E-state index contributed by atoms with van der Waals surface area (Å²) in [7, 11) is 0. The van der Waals surface area contributed by atoms with Crippen molar-refractivity contribution in [2.45, 2.75) is 43.8 Å². The monoisotopic (exact) mass is 576 g/mol. The van der Waals surface area contributed by atoms with E-state index in [1.165, 1.54) is 11.8 Å². The van der Waals surface area contributed by atoms with E-state index in [2.05, 4.69) is 21.7 Å². The van der Waals surface area contributed by atoms with Crippen molar-refractivity contribution in [3.05, 3.63) is 40.5 Å². The van der Waals surface area contributed by atoms with Gasteiger partial charge in [0.1, 0.15) is 11.0 Å². The fraction of sp³-hybridized carbons (Fsp3) is 0.556. The summed E-state index contributed by atoms with van der Waals surface area (Å²) in [5.41, 5.74) is 1.08. The third-order valence-electron chi connectivity index (χ3n) is 7.73. The molecule has 1 aromatic carbocycles. The third kappa shape index (κ3) is 6.49. The first-order valence-corrected chi connectivity index (χ1v) is 15.1. The molecule has 1 aromatic heterocycles. The van der Waals surface area contributed by atoms with Gasteiger partial charge in [-0.15, -0.1) is 0 Å². The standard InChI is InChI=1S/C27H34Cl2N6O2S/c1-19-17-34(13-14-35(19)26(37)20-5-2-3-6-20)24-16-23(29)30-27(31-24)38-18-25(36)33-11-9-32(10-12-33)22-8-4-7-21(28)15-22/h4,7-8,15-16,19-20H,2-3,5-6,9-14,17-18H2,1H3. The number of halogens is 2. The predicted molar refractivity (Wildman–Crippen MR) is 153 cm³/mol. The molecule has 204 valence electrons. The minimum absolute atomic E-state index is 0.0681. The molecule has 1 aliphatic carbocycles. The first kappa shape index (κ1) is 27.3. The smallest absolute Gasteiger partial charge is 0.233 e. The third-order valence-corrected chi connectivity index (χ3v) is 8.99. The highest BCUT2D eigenvalue weighted by Crippen LogP contribution is 2.29. The molecule has 8 nitrogen and oxygen atoms in total. The number of rotatable bonds is 6. The molecular weight excluding hydrogens is 543 g/mol. The van der Waals surface area contributed by atoms with Gasteiger partial charge in [0, 0.05) is 74.5 Å². The van der Waals surface area contributed by atoms with E-state index in [4.69, 9.17) is 28.2 Å². The largest absolute Gasteiger partial charge is 0.368 e. The second-order valence-corrected chi connectivity index (χ2v) is 12.0. The molecule has 5 rings (SSSR count). The Morgan fingerprint density at radius 3 is 2.42 bits per heavy atom. The summed E-state index contributed by atoms with van der Waals surface area (Å²) >= 11 is 13.8. The Kier molecular flexibility index (Phi) is 8.85. The molecular formula is C27H34Cl2N6O2S. The van der Waals surface area contributed by atoms with Crippen LogP contribution in [0.5, 0.6) is 0 Å². The number of aromatic nitrogens is 2. The highest BCUT2D eigenvalue weighted by molar-refractivity contribution is 7.99. The predicted octanol–water partition coefficient (Wildman–Crippen LogP) is 4.45. The molecule has 2 saturated heterocycles. The average molecular weight is 578 g/mol. The first-order chi connectivity index (χ1) is 18.4. The van der Waals surface area contributed by atoms with Gasteiger partial charge in [0.25, 0.3) is 0 Å². The number of nitrogens with zero attached hydrogens (tertiary/aromatic N) is 6. The van der Waals surface area contributed by atoms with Crippen LogP contribution in [0.25, 0.3) is 0 Å². The van der Waals surface area contributed by atoms with Gasteiger partial charge in [-0.05, 0) is 38.0 Å². The second-order valence-electron chi connectivity index (χ2n) is 10.3. The lowest BCUT2D eigenvalue weighted by Gasteiger charge is -2.41. The quantitative estimate of drug-likeness (QED) is 0.285. The van der Waals surface area contributed by atoms with Crippen molar-refractivity contribution in [2.24, 2.45) is 5.92 Å². The Bertz CT molecular complexity index is 1160. The number of anilines is 2. The lowest BCUT2D eigenvalue weighted by atomic mass is 10.0. The molecule has 38 heavy (non-hydrogen) atoms. The Morgan fingerprint density at radius 1 is 0.974 bits per heavy atom. The van der Waals surface area contributed by atoms with Gasteiger partial charge in [-0.3, -0.25) is 9.59 Å². The average Bonchev–Trinajstić information content (AvgIpc) is 3.46. The van der Waals surface area contributed by atoms with Gasteiger partial charge in [0.2, 0.25) is 11.8 Å². The number of hydrogen-bond acceptors (Lipinski definition) is 7. The van der Waals surface area contributed by atoms with Gasteiger partial charge in [0.05, 0.1) is 5.75 Å². The van der Waals surface area contributed by atoms with E-state index in [1.54, 1.807) is 6.07 Å². The number of benzene rings is 1. The maximum absolute atomic E-state index is 13.0. The molecule has 3 fully saturated rings. The number of carbonyl (C=O) groups excluding carboxylic acids is 2. The molecule has 0 N–H and O–H groups in total. The number of thioether (sulfide) groups is 1. The lowest BCUT2D eigenvalue weighted by Crippen LogP contribution is -2.55. The zero-order valence-corrected chi connectivity index (χ0v) is 24.0. The molecule has 3 aliphatic rings. The highest BCUT2D eigenvalue weighted by atomic mass is 35.5. The summed E-state index contributed by atoms with van der Waals surface area (Å²) in [6, 6.07) is 9.68. The van der Waals surface area contributed by atoms with Crippen molar-refractivity contribution >= 4 is 58.3 Å². The van der Waals surface area contributed by atoms with E-state index in [-0.39, 0.29) is 23.6 Å². The van der Waals surface area contributed by atoms with Crippen LogP contribution in [-0.4, -0.2) is 89.2 Å². The van der Waals surface area contributed by atoms with Crippen molar-refractivity contribution in [1.29, 1.82) is 0 Å². The van der Waals surface area contributed by atoms with Crippen molar-refractivity contribution in [3.8, 4) is 0 Å². The lowest BCUT2D eigenvalue weighted by molar-refractivity contribution is -0.137. The van der Waals surface area contributed by atoms with Crippen LogP contribution >= 0.6 is 35.0 Å². The summed E-state index contributed by atoms with van der Waals surface area (Å²) in [6.45, 7) is 7.04. The molecule has 1 atom stereocenters. The van der Waals surface area contributed by atoms with Crippen LogP contribution < -0.4 is 9.80 Å². The van der Waals surface area contributed by atoms with Crippen molar-refractivity contribution in [2.75, 3.05) is 61.4 Å². The maximum atomic E-state index is 13.0. The number of piperazine rings is 2. The maximum Gasteiger partial charge on any atom is 0.233 e. The topological polar surface area (TPSA) is 72.9 Å². The molecule has 2 aliphatic heterocycles. The number of carbonyl (C=O) groups is 2. The normalized spacial score (nSPS) is 20.8. The Labute approximate surface area is 238 Å². The minimum Gasteiger partial charge on any atom is -0.368 e. The summed E-state index contributed by atoms with van der Waals surface area (Å²) < 4.78 is 0. The number of hydrogen-bond donors (Lipinski definition) is 0. The molecule has 0 radical (unpaired) electrons. The minimum atomic E-state index is 0.0681. The van der Waals surface area contributed by atoms with E-state index in [0.29, 0.717) is 54.0 Å². The molecule has 1 saturated carbocycles. The highest BCUT2D eigenvalue weighted by Gasteiger charge is 2.33. The number of amides is 2. The molecule has 2 aromatic rings.